The Bertz CT molecular complexity index is 356. The van der Waals surface area contributed by atoms with Gasteiger partial charge in [0.05, 0.1) is 0 Å². The van der Waals surface area contributed by atoms with Crippen LogP contribution in [0.4, 0.5) is 0 Å². The molecule has 0 spiro atoms. The number of hydrogen-bond acceptors (Lipinski definition) is 3. The first-order valence-electron chi connectivity index (χ1n) is 5.32. The normalized spacial score (nSPS) is 14.2. The molecule has 16 heavy (non-hydrogen) atoms. The van der Waals surface area contributed by atoms with Crippen LogP contribution in [0.5, 0.6) is 5.75 Å². The number of aromatic hydroxyl groups is 1. The number of phenolic OH excluding ortho intramolecular Hbond substituents is 1. The third-order valence-corrected chi connectivity index (χ3v) is 2.78. The standard InChI is InChI=1S/C12H18N2O2/c1-3-12(2,8-13)14-11(16)9-4-6-10(15)7-5-9/h4-7,15H,3,8,13H2,1-2H3,(H,14,16). The van der Waals surface area contributed by atoms with Crippen LogP contribution in [-0.2, 0) is 0 Å². The van der Waals surface area contributed by atoms with Crippen LogP contribution in [0.15, 0.2) is 24.3 Å². The van der Waals surface area contributed by atoms with E-state index in [9.17, 15) is 4.79 Å². The summed E-state index contributed by atoms with van der Waals surface area (Å²) in [7, 11) is 0. The number of rotatable bonds is 4. The number of carbonyl (C=O) groups excluding carboxylic acids is 1. The molecule has 0 saturated carbocycles. The second-order valence-corrected chi connectivity index (χ2v) is 4.12. The minimum atomic E-state index is -0.380. The Hall–Kier alpha value is -1.55. The molecule has 0 aromatic heterocycles. The van der Waals surface area contributed by atoms with Crippen molar-refractivity contribution < 1.29 is 9.90 Å². The van der Waals surface area contributed by atoms with Crippen LogP contribution in [0, 0.1) is 0 Å². The Morgan fingerprint density at radius 1 is 1.44 bits per heavy atom. The van der Waals surface area contributed by atoms with Gasteiger partial charge in [0.15, 0.2) is 0 Å². The number of amides is 1. The monoisotopic (exact) mass is 222 g/mol. The number of phenols is 1. The first kappa shape index (κ1) is 12.5. The van der Waals surface area contributed by atoms with Gasteiger partial charge < -0.3 is 16.2 Å². The van der Waals surface area contributed by atoms with E-state index in [4.69, 9.17) is 10.8 Å². The van der Waals surface area contributed by atoms with E-state index in [1.807, 2.05) is 13.8 Å². The maximum Gasteiger partial charge on any atom is 0.251 e. The average Bonchev–Trinajstić information content (AvgIpc) is 2.29. The molecular weight excluding hydrogens is 204 g/mol. The summed E-state index contributed by atoms with van der Waals surface area (Å²) < 4.78 is 0. The highest BCUT2D eigenvalue weighted by atomic mass is 16.3. The Kier molecular flexibility index (Phi) is 3.90. The molecule has 0 aliphatic rings. The van der Waals surface area contributed by atoms with E-state index in [1.54, 1.807) is 12.1 Å². The molecule has 1 unspecified atom stereocenters. The molecule has 1 aromatic rings. The van der Waals surface area contributed by atoms with Crippen LogP contribution in [0.1, 0.15) is 30.6 Å². The molecule has 88 valence electrons. The largest absolute Gasteiger partial charge is 0.508 e. The van der Waals surface area contributed by atoms with Gasteiger partial charge >= 0.3 is 0 Å². The summed E-state index contributed by atoms with van der Waals surface area (Å²) in [6, 6.07) is 6.13. The van der Waals surface area contributed by atoms with Crippen LogP contribution in [0.3, 0.4) is 0 Å². The third kappa shape index (κ3) is 2.97. The summed E-state index contributed by atoms with van der Waals surface area (Å²) in [5.41, 5.74) is 5.75. The van der Waals surface area contributed by atoms with Gasteiger partial charge in [-0.15, -0.1) is 0 Å². The maximum absolute atomic E-state index is 11.8. The van der Waals surface area contributed by atoms with Gasteiger partial charge in [-0.3, -0.25) is 4.79 Å². The van der Waals surface area contributed by atoms with Gasteiger partial charge in [-0.2, -0.15) is 0 Å². The first-order valence-corrected chi connectivity index (χ1v) is 5.32. The number of benzene rings is 1. The van der Waals surface area contributed by atoms with Crippen molar-refractivity contribution in [1.82, 2.24) is 5.32 Å². The van der Waals surface area contributed by atoms with Crippen molar-refractivity contribution in [2.75, 3.05) is 6.54 Å². The SMILES string of the molecule is CCC(C)(CN)NC(=O)c1ccc(O)cc1. The smallest absolute Gasteiger partial charge is 0.251 e. The molecule has 0 saturated heterocycles. The Morgan fingerprint density at radius 2 is 2.00 bits per heavy atom. The van der Waals surface area contributed by atoms with Crippen molar-refractivity contribution in [3.63, 3.8) is 0 Å². The summed E-state index contributed by atoms with van der Waals surface area (Å²) in [5.74, 6) is -0.0246. The Labute approximate surface area is 95.5 Å². The second-order valence-electron chi connectivity index (χ2n) is 4.12. The fourth-order valence-electron chi connectivity index (χ4n) is 1.24. The van der Waals surface area contributed by atoms with E-state index < -0.39 is 0 Å². The van der Waals surface area contributed by atoms with Gasteiger partial charge in [-0.05, 0) is 37.6 Å². The second kappa shape index (κ2) is 4.99. The maximum atomic E-state index is 11.8. The summed E-state index contributed by atoms with van der Waals surface area (Å²) in [6.07, 6.45) is 0.771. The van der Waals surface area contributed by atoms with Gasteiger partial charge in [0.25, 0.3) is 5.91 Å². The van der Waals surface area contributed by atoms with Gasteiger partial charge in [0.2, 0.25) is 0 Å². The van der Waals surface area contributed by atoms with Gasteiger partial charge in [0, 0.05) is 17.6 Å². The van der Waals surface area contributed by atoms with Crippen LogP contribution < -0.4 is 11.1 Å². The summed E-state index contributed by atoms with van der Waals surface area (Å²) >= 11 is 0. The minimum Gasteiger partial charge on any atom is -0.508 e. The zero-order valence-electron chi connectivity index (χ0n) is 9.66. The topological polar surface area (TPSA) is 75.3 Å². The molecule has 0 aliphatic heterocycles. The molecule has 1 amide bonds. The number of hydrogen-bond donors (Lipinski definition) is 3. The molecule has 0 fully saturated rings. The number of nitrogens with one attached hydrogen (secondary N) is 1. The quantitative estimate of drug-likeness (QED) is 0.717. The van der Waals surface area contributed by atoms with Gasteiger partial charge in [0.1, 0.15) is 5.75 Å². The lowest BCUT2D eigenvalue weighted by atomic mass is 9.98. The zero-order valence-corrected chi connectivity index (χ0v) is 9.66. The fourth-order valence-corrected chi connectivity index (χ4v) is 1.24. The molecule has 0 heterocycles. The van der Waals surface area contributed by atoms with Crippen molar-refractivity contribution in [1.29, 1.82) is 0 Å². The highest BCUT2D eigenvalue weighted by molar-refractivity contribution is 5.94. The highest BCUT2D eigenvalue weighted by Crippen LogP contribution is 2.12. The number of carbonyl (C=O) groups is 1. The molecule has 0 aliphatic carbocycles. The summed E-state index contributed by atoms with van der Waals surface area (Å²) in [6.45, 7) is 4.28. The number of nitrogens with two attached hydrogens (primary N) is 1. The minimum absolute atomic E-state index is 0.147. The fraction of sp³-hybridized carbons (Fsp3) is 0.417. The van der Waals surface area contributed by atoms with Crippen molar-refractivity contribution in [3.8, 4) is 5.75 Å². The molecule has 4 N–H and O–H groups in total. The van der Waals surface area contributed by atoms with Crippen molar-refractivity contribution in [2.24, 2.45) is 5.73 Å². The van der Waals surface area contributed by atoms with E-state index in [0.717, 1.165) is 6.42 Å². The molecular formula is C12H18N2O2. The van der Waals surface area contributed by atoms with Gasteiger partial charge in [-0.1, -0.05) is 6.92 Å². The van der Waals surface area contributed by atoms with E-state index in [-0.39, 0.29) is 17.2 Å². The predicted molar refractivity (Wildman–Crippen MR) is 63.3 cm³/mol. The van der Waals surface area contributed by atoms with Gasteiger partial charge in [-0.25, -0.2) is 0 Å². The lowest BCUT2D eigenvalue weighted by molar-refractivity contribution is 0.0906. The highest BCUT2D eigenvalue weighted by Gasteiger charge is 2.22. The lowest BCUT2D eigenvalue weighted by Crippen LogP contribution is -2.50. The molecule has 0 radical (unpaired) electrons. The molecule has 4 nitrogen and oxygen atoms in total. The molecule has 1 rings (SSSR count). The predicted octanol–water partition coefficient (Wildman–Crippen LogP) is 1.25. The molecule has 1 aromatic carbocycles. The van der Waals surface area contributed by atoms with Crippen LogP contribution in [0.2, 0.25) is 0 Å². The van der Waals surface area contributed by atoms with E-state index in [2.05, 4.69) is 5.32 Å². The van der Waals surface area contributed by atoms with Crippen LogP contribution in [-0.4, -0.2) is 23.1 Å². The van der Waals surface area contributed by atoms with E-state index in [0.29, 0.717) is 12.1 Å². The summed E-state index contributed by atoms with van der Waals surface area (Å²) in [4.78, 5) is 11.8. The Morgan fingerprint density at radius 3 is 2.44 bits per heavy atom. The van der Waals surface area contributed by atoms with Crippen molar-refractivity contribution in [3.05, 3.63) is 29.8 Å². The third-order valence-electron chi connectivity index (χ3n) is 2.78. The summed E-state index contributed by atoms with van der Waals surface area (Å²) in [5, 5.41) is 12.0. The molecule has 1 atom stereocenters. The zero-order chi connectivity index (χ0) is 12.2. The van der Waals surface area contributed by atoms with Crippen LogP contribution >= 0.6 is 0 Å². The lowest BCUT2D eigenvalue weighted by Gasteiger charge is -2.27. The van der Waals surface area contributed by atoms with E-state index in [1.165, 1.54) is 12.1 Å². The Balaban J connectivity index is 2.76. The van der Waals surface area contributed by atoms with Crippen molar-refractivity contribution in [2.45, 2.75) is 25.8 Å². The van der Waals surface area contributed by atoms with Crippen molar-refractivity contribution >= 4 is 5.91 Å². The van der Waals surface area contributed by atoms with E-state index >= 15 is 0 Å². The van der Waals surface area contributed by atoms with Crippen LogP contribution in [0.25, 0.3) is 0 Å². The first-order chi connectivity index (χ1) is 7.50. The molecule has 4 heteroatoms. The average molecular weight is 222 g/mol. The molecule has 0 bridgehead atoms.